The molecule has 1 aromatic carbocycles. The van der Waals surface area contributed by atoms with E-state index in [1.807, 2.05) is 10.4 Å². The monoisotopic (exact) mass is 211 g/mol. The fourth-order valence-corrected chi connectivity index (χ4v) is 2.41. The van der Waals surface area contributed by atoms with E-state index in [0.29, 0.717) is 6.54 Å². The van der Waals surface area contributed by atoms with E-state index in [2.05, 4.69) is 0 Å². The minimum atomic E-state index is -0.914. The van der Waals surface area contributed by atoms with Crippen molar-refractivity contribution in [1.29, 1.82) is 0 Å². The van der Waals surface area contributed by atoms with Crippen LogP contribution in [0.4, 0.5) is 0 Å². The molecule has 0 saturated carbocycles. The van der Waals surface area contributed by atoms with Crippen molar-refractivity contribution in [3.63, 3.8) is 0 Å². The van der Waals surface area contributed by atoms with Crippen LogP contribution in [0.5, 0.6) is 5.75 Å². The lowest BCUT2D eigenvalue weighted by atomic mass is 10.0. The number of rotatable bonds is 1. The van der Waals surface area contributed by atoms with E-state index in [-0.39, 0.29) is 5.75 Å². The molecule has 0 aromatic heterocycles. The van der Waals surface area contributed by atoms with Gasteiger partial charge in [0, 0.05) is 19.3 Å². The summed E-state index contributed by atoms with van der Waals surface area (Å²) in [6, 6.07) is 5.41. The Morgan fingerprint density at radius 1 is 1.43 bits per heavy atom. The van der Waals surface area contributed by atoms with E-state index < -0.39 is 11.0 Å². The zero-order valence-corrected chi connectivity index (χ0v) is 8.88. The number of nitrogens with zero attached hydrogens (tertiary/aromatic N) is 1. The van der Waals surface area contributed by atoms with Crippen molar-refractivity contribution in [3.8, 4) is 5.75 Å². The van der Waals surface area contributed by atoms with Gasteiger partial charge in [0.2, 0.25) is 0 Å². The number of phenolic OH excluding ortho intramolecular Hbond substituents is 1. The van der Waals surface area contributed by atoms with Gasteiger partial charge in [-0.25, -0.2) is 8.51 Å². The maximum absolute atomic E-state index is 11.3. The van der Waals surface area contributed by atoms with Crippen LogP contribution < -0.4 is 0 Å². The molecule has 1 aliphatic heterocycles. The highest BCUT2D eigenvalue weighted by atomic mass is 32.2. The first kappa shape index (κ1) is 9.68. The molecule has 1 aromatic rings. The van der Waals surface area contributed by atoms with E-state index in [9.17, 15) is 9.32 Å². The number of benzene rings is 1. The summed E-state index contributed by atoms with van der Waals surface area (Å²) < 4.78 is 13.2. The Morgan fingerprint density at radius 2 is 2.21 bits per heavy atom. The second-order valence-electron chi connectivity index (χ2n) is 3.49. The zero-order chi connectivity index (χ0) is 10.1. The van der Waals surface area contributed by atoms with E-state index in [1.54, 1.807) is 18.4 Å². The molecule has 0 fully saturated rings. The van der Waals surface area contributed by atoms with Crippen LogP contribution >= 0.6 is 0 Å². The maximum Gasteiger partial charge on any atom is 0.115 e. The fourth-order valence-electron chi connectivity index (χ4n) is 1.74. The van der Waals surface area contributed by atoms with Gasteiger partial charge >= 0.3 is 0 Å². The van der Waals surface area contributed by atoms with Crippen LogP contribution in [-0.4, -0.2) is 26.4 Å². The van der Waals surface area contributed by atoms with Gasteiger partial charge in [-0.05, 0) is 29.7 Å². The molecule has 3 nitrogen and oxygen atoms in total. The molecule has 2 rings (SSSR count). The predicted octanol–water partition coefficient (Wildman–Crippen LogP) is 1.04. The van der Waals surface area contributed by atoms with Crippen LogP contribution in [0.15, 0.2) is 18.2 Å². The Balaban J connectivity index is 2.29. The molecule has 0 aliphatic carbocycles. The van der Waals surface area contributed by atoms with Crippen molar-refractivity contribution in [2.24, 2.45) is 0 Å². The Hall–Kier alpha value is -0.870. The summed E-state index contributed by atoms with van der Waals surface area (Å²) in [6.07, 6.45) is 2.60. The molecule has 1 aliphatic rings. The summed E-state index contributed by atoms with van der Waals surface area (Å²) in [7, 11) is -0.914. The van der Waals surface area contributed by atoms with Gasteiger partial charge in [-0.1, -0.05) is 6.07 Å². The van der Waals surface area contributed by atoms with E-state index >= 15 is 0 Å². The Labute approximate surface area is 85.9 Å². The maximum atomic E-state index is 11.3. The standard InChI is InChI=1S/C10H13NO2S/c1-14(13)11-5-4-8-2-3-10(12)6-9(8)7-11/h2-3,6,12H,4-5,7H2,1H3. The molecule has 0 saturated heterocycles. The van der Waals surface area contributed by atoms with E-state index in [1.165, 1.54) is 5.56 Å². The molecule has 4 heteroatoms. The third kappa shape index (κ3) is 1.81. The number of hydrogen-bond acceptors (Lipinski definition) is 2. The second kappa shape index (κ2) is 3.71. The number of fused-ring (bicyclic) bond motifs is 1. The van der Waals surface area contributed by atoms with Gasteiger partial charge in [0.25, 0.3) is 0 Å². The summed E-state index contributed by atoms with van der Waals surface area (Å²) in [6.45, 7) is 1.51. The molecule has 1 atom stereocenters. The molecule has 1 heterocycles. The molecule has 0 bridgehead atoms. The minimum absolute atomic E-state index is 0.285. The van der Waals surface area contributed by atoms with E-state index in [4.69, 9.17) is 0 Å². The third-order valence-corrected chi connectivity index (χ3v) is 3.57. The van der Waals surface area contributed by atoms with Gasteiger partial charge in [0.1, 0.15) is 5.75 Å². The van der Waals surface area contributed by atoms with Crippen molar-refractivity contribution in [2.45, 2.75) is 13.0 Å². The first-order chi connectivity index (χ1) is 6.66. The number of phenols is 1. The molecule has 1 N–H and O–H groups in total. The normalized spacial score (nSPS) is 18.9. The summed E-state index contributed by atoms with van der Waals surface area (Å²) in [5, 5.41) is 9.32. The number of aromatic hydroxyl groups is 1. The summed E-state index contributed by atoms with van der Waals surface area (Å²) >= 11 is 0. The van der Waals surface area contributed by atoms with Crippen LogP contribution in [0.1, 0.15) is 11.1 Å². The molecular formula is C10H13NO2S. The zero-order valence-electron chi connectivity index (χ0n) is 8.06. The Kier molecular flexibility index (Phi) is 2.56. The van der Waals surface area contributed by atoms with Gasteiger partial charge in [0.05, 0.1) is 11.0 Å². The molecule has 0 radical (unpaired) electrons. The smallest absolute Gasteiger partial charge is 0.115 e. The van der Waals surface area contributed by atoms with Crippen LogP contribution in [0.3, 0.4) is 0 Å². The van der Waals surface area contributed by atoms with E-state index in [0.717, 1.165) is 18.5 Å². The number of hydrogen-bond donors (Lipinski definition) is 1. The lowest BCUT2D eigenvalue weighted by Crippen LogP contribution is -2.31. The molecular weight excluding hydrogens is 198 g/mol. The molecule has 0 amide bonds. The van der Waals surface area contributed by atoms with Crippen molar-refractivity contribution >= 4 is 11.0 Å². The van der Waals surface area contributed by atoms with Crippen LogP contribution in [-0.2, 0) is 24.0 Å². The van der Waals surface area contributed by atoms with Gasteiger partial charge in [-0.15, -0.1) is 0 Å². The first-order valence-electron chi connectivity index (χ1n) is 4.56. The van der Waals surface area contributed by atoms with Crippen molar-refractivity contribution in [3.05, 3.63) is 29.3 Å². The van der Waals surface area contributed by atoms with Gasteiger partial charge < -0.3 is 5.11 Å². The molecule has 0 spiro atoms. The van der Waals surface area contributed by atoms with Crippen LogP contribution in [0, 0.1) is 0 Å². The van der Waals surface area contributed by atoms with Crippen molar-refractivity contribution in [2.75, 3.05) is 12.8 Å². The summed E-state index contributed by atoms with van der Waals surface area (Å²) in [5.74, 6) is 0.285. The largest absolute Gasteiger partial charge is 0.508 e. The average Bonchev–Trinajstić information content (AvgIpc) is 2.16. The van der Waals surface area contributed by atoms with Gasteiger partial charge in [-0.2, -0.15) is 0 Å². The fraction of sp³-hybridized carbons (Fsp3) is 0.400. The van der Waals surface area contributed by atoms with Crippen molar-refractivity contribution < 1.29 is 9.32 Å². The molecule has 76 valence electrons. The second-order valence-corrected chi connectivity index (χ2v) is 4.85. The lowest BCUT2D eigenvalue weighted by molar-refractivity contribution is 0.418. The predicted molar refractivity (Wildman–Crippen MR) is 56.3 cm³/mol. The first-order valence-corrected chi connectivity index (χ1v) is 6.07. The van der Waals surface area contributed by atoms with Crippen LogP contribution in [0.25, 0.3) is 0 Å². The Morgan fingerprint density at radius 3 is 2.93 bits per heavy atom. The average molecular weight is 211 g/mol. The Bertz CT molecular complexity index is 378. The topological polar surface area (TPSA) is 40.5 Å². The molecule has 14 heavy (non-hydrogen) atoms. The van der Waals surface area contributed by atoms with Crippen LogP contribution in [0.2, 0.25) is 0 Å². The summed E-state index contributed by atoms with van der Waals surface area (Å²) in [5.41, 5.74) is 2.34. The summed E-state index contributed by atoms with van der Waals surface area (Å²) in [4.78, 5) is 0. The minimum Gasteiger partial charge on any atom is -0.508 e. The van der Waals surface area contributed by atoms with Gasteiger partial charge in [0.15, 0.2) is 0 Å². The SMILES string of the molecule is CS(=O)N1CCc2ccc(O)cc2C1. The highest BCUT2D eigenvalue weighted by Gasteiger charge is 2.18. The highest BCUT2D eigenvalue weighted by Crippen LogP contribution is 2.23. The van der Waals surface area contributed by atoms with Crippen molar-refractivity contribution in [1.82, 2.24) is 4.31 Å². The quantitative estimate of drug-likeness (QED) is 0.754. The highest BCUT2D eigenvalue weighted by molar-refractivity contribution is 7.81. The lowest BCUT2D eigenvalue weighted by Gasteiger charge is -2.26. The van der Waals surface area contributed by atoms with Gasteiger partial charge in [-0.3, -0.25) is 0 Å². The molecule has 1 unspecified atom stereocenters. The third-order valence-electron chi connectivity index (χ3n) is 2.53.